The van der Waals surface area contributed by atoms with Crippen molar-refractivity contribution in [2.75, 3.05) is 0 Å². The zero-order valence-corrected chi connectivity index (χ0v) is 13.4. The molecule has 0 spiro atoms. The lowest BCUT2D eigenvalue weighted by molar-refractivity contribution is 0.438. The van der Waals surface area contributed by atoms with Crippen LogP contribution in [0.5, 0.6) is 0 Å². The summed E-state index contributed by atoms with van der Waals surface area (Å²) in [6.45, 7) is 10.9. The highest BCUT2D eigenvalue weighted by atomic mass is 14.1. The monoisotopic (exact) mass is 242 g/mol. The van der Waals surface area contributed by atoms with Gasteiger partial charge in [0.25, 0.3) is 0 Å². The lowest BCUT2D eigenvalue weighted by Crippen LogP contribution is -1.95. The van der Waals surface area contributed by atoms with Gasteiger partial charge in [0.2, 0.25) is 0 Å². The van der Waals surface area contributed by atoms with Crippen LogP contribution in [0.1, 0.15) is 105 Å². The SMILES string of the molecule is C1CCCCC1.CC.CCCCC(CC)CC. The van der Waals surface area contributed by atoms with Crippen molar-refractivity contribution in [2.24, 2.45) is 5.92 Å². The van der Waals surface area contributed by atoms with Crippen molar-refractivity contribution in [3.63, 3.8) is 0 Å². The van der Waals surface area contributed by atoms with Gasteiger partial charge in [-0.3, -0.25) is 0 Å². The first kappa shape index (κ1) is 19.3. The highest BCUT2D eigenvalue weighted by Crippen LogP contribution is 2.15. The first-order valence-electron chi connectivity index (χ1n) is 8.35. The third kappa shape index (κ3) is 16.0. The zero-order valence-electron chi connectivity index (χ0n) is 13.4. The molecule has 0 bridgehead atoms. The van der Waals surface area contributed by atoms with Crippen molar-refractivity contribution in [1.82, 2.24) is 0 Å². The summed E-state index contributed by atoms with van der Waals surface area (Å²) >= 11 is 0. The smallest absolute Gasteiger partial charge is 0.0420 e. The number of rotatable bonds is 5. The molecule has 0 heteroatoms. The van der Waals surface area contributed by atoms with Gasteiger partial charge in [-0.25, -0.2) is 0 Å². The molecule has 0 atom stereocenters. The van der Waals surface area contributed by atoms with E-state index >= 15 is 0 Å². The quantitative estimate of drug-likeness (QED) is 0.488. The molecule has 0 aromatic carbocycles. The maximum atomic E-state index is 2.30. The standard InChI is InChI=1S/C9H20.C6H12.C2H6/c1-4-7-8-9(5-2)6-3;1-2-4-6-5-3-1;1-2/h9H,4-8H2,1-3H3;1-6H2;1-2H3. The predicted molar refractivity (Wildman–Crippen MR) is 82.6 cm³/mol. The van der Waals surface area contributed by atoms with Crippen molar-refractivity contribution in [3.8, 4) is 0 Å². The van der Waals surface area contributed by atoms with Gasteiger partial charge in [0, 0.05) is 0 Å². The predicted octanol–water partition coefficient (Wildman–Crippen LogP) is 6.98. The van der Waals surface area contributed by atoms with E-state index in [9.17, 15) is 0 Å². The van der Waals surface area contributed by atoms with Gasteiger partial charge in [-0.2, -0.15) is 0 Å². The molecule has 1 saturated carbocycles. The molecule has 17 heavy (non-hydrogen) atoms. The van der Waals surface area contributed by atoms with Crippen molar-refractivity contribution in [2.45, 2.75) is 105 Å². The Balaban J connectivity index is 0. The zero-order chi connectivity index (χ0) is 13.4. The van der Waals surface area contributed by atoms with Crippen LogP contribution in [0, 0.1) is 5.92 Å². The molecule has 1 aliphatic rings. The van der Waals surface area contributed by atoms with Gasteiger partial charge in [-0.1, -0.05) is 105 Å². The Morgan fingerprint density at radius 2 is 1.06 bits per heavy atom. The van der Waals surface area contributed by atoms with Crippen LogP contribution in [0.15, 0.2) is 0 Å². The molecule has 0 saturated heterocycles. The van der Waals surface area contributed by atoms with Crippen molar-refractivity contribution < 1.29 is 0 Å². The fourth-order valence-electron chi connectivity index (χ4n) is 2.25. The number of hydrogen-bond donors (Lipinski definition) is 0. The van der Waals surface area contributed by atoms with E-state index in [1.165, 1.54) is 70.6 Å². The van der Waals surface area contributed by atoms with Crippen LogP contribution in [-0.4, -0.2) is 0 Å². The summed E-state index contributed by atoms with van der Waals surface area (Å²) in [4.78, 5) is 0. The van der Waals surface area contributed by atoms with Crippen molar-refractivity contribution >= 4 is 0 Å². The molecule has 0 N–H and O–H groups in total. The van der Waals surface area contributed by atoms with E-state index in [2.05, 4.69) is 20.8 Å². The van der Waals surface area contributed by atoms with E-state index in [0.717, 1.165) is 5.92 Å². The molecule has 1 fully saturated rings. The number of hydrogen-bond acceptors (Lipinski definition) is 0. The summed E-state index contributed by atoms with van der Waals surface area (Å²) < 4.78 is 0. The van der Waals surface area contributed by atoms with E-state index < -0.39 is 0 Å². The van der Waals surface area contributed by atoms with Crippen LogP contribution in [0.3, 0.4) is 0 Å². The molecule has 0 amide bonds. The fourth-order valence-corrected chi connectivity index (χ4v) is 2.25. The first-order chi connectivity index (χ1) is 8.35. The van der Waals surface area contributed by atoms with Crippen LogP contribution < -0.4 is 0 Å². The Bertz CT molecular complexity index is 87.1. The molecule has 0 aliphatic heterocycles. The van der Waals surface area contributed by atoms with Gasteiger partial charge in [0.1, 0.15) is 0 Å². The van der Waals surface area contributed by atoms with E-state index in [0.29, 0.717) is 0 Å². The van der Waals surface area contributed by atoms with Crippen LogP contribution in [0.4, 0.5) is 0 Å². The van der Waals surface area contributed by atoms with E-state index in [-0.39, 0.29) is 0 Å². The van der Waals surface area contributed by atoms with Crippen LogP contribution in [-0.2, 0) is 0 Å². The first-order valence-corrected chi connectivity index (χ1v) is 8.35. The summed E-state index contributed by atoms with van der Waals surface area (Å²) in [5, 5.41) is 0. The lowest BCUT2D eigenvalue weighted by atomic mass is 9.97. The van der Waals surface area contributed by atoms with Gasteiger partial charge in [-0.15, -0.1) is 0 Å². The summed E-state index contributed by atoms with van der Waals surface area (Å²) in [6.07, 6.45) is 16.0. The molecular formula is C17H38. The minimum Gasteiger partial charge on any atom is -0.0683 e. The van der Waals surface area contributed by atoms with E-state index in [4.69, 9.17) is 0 Å². The Kier molecular flexibility index (Phi) is 20.9. The van der Waals surface area contributed by atoms with Crippen molar-refractivity contribution in [3.05, 3.63) is 0 Å². The van der Waals surface area contributed by atoms with Crippen LogP contribution in [0.2, 0.25) is 0 Å². The lowest BCUT2D eigenvalue weighted by Gasteiger charge is -2.09. The van der Waals surface area contributed by atoms with Crippen LogP contribution in [0.25, 0.3) is 0 Å². The topological polar surface area (TPSA) is 0 Å². The molecule has 1 aliphatic carbocycles. The summed E-state index contributed by atoms with van der Waals surface area (Å²) in [5.74, 6) is 1.00. The number of unbranched alkanes of at least 4 members (excludes halogenated alkanes) is 1. The highest BCUT2D eigenvalue weighted by Gasteiger charge is 2.00. The highest BCUT2D eigenvalue weighted by molar-refractivity contribution is 4.53. The molecule has 0 aromatic heterocycles. The molecule has 106 valence electrons. The molecule has 0 nitrogen and oxygen atoms in total. The second-order valence-corrected chi connectivity index (χ2v) is 4.95. The van der Waals surface area contributed by atoms with Crippen LogP contribution >= 0.6 is 0 Å². The average Bonchev–Trinajstić information content (AvgIpc) is 2.45. The molecule has 1 rings (SSSR count). The molecule has 0 heterocycles. The fraction of sp³-hybridized carbons (Fsp3) is 1.00. The minimum atomic E-state index is 1.00. The second-order valence-electron chi connectivity index (χ2n) is 4.95. The normalized spacial score (nSPS) is 14.5. The minimum absolute atomic E-state index is 1.00. The second kappa shape index (κ2) is 18.4. The average molecular weight is 242 g/mol. The van der Waals surface area contributed by atoms with Gasteiger partial charge < -0.3 is 0 Å². The van der Waals surface area contributed by atoms with Crippen molar-refractivity contribution in [1.29, 1.82) is 0 Å². The molecular weight excluding hydrogens is 204 g/mol. The van der Waals surface area contributed by atoms with Gasteiger partial charge in [0.05, 0.1) is 0 Å². The van der Waals surface area contributed by atoms with E-state index in [1.54, 1.807) is 0 Å². The largest absolute Gasteiger partial charge is 0.0683 e. The summed E-state index contributed by atoms with van der Waals surface area (Å²) in [6, 6.07) is 0. The Hall–Kier alpha value is 0. The molecule has 0 unspecified atom stereocenters. The van der Waals surface area contributed by atoms with Gasteiger partial charge in [0.15, 0.2) is 0 Å². The maximum Gasteiger partial charge on any atom is -0.0420 e. The molecule has 0 aromatic rings. The van der Waals surface area contributed by atoms with E-state index in [1.807, 2.05) is 13.8 Å². The van der Waals surface area contributed by atoms with Gasteiger partial charge in [-0.05, 0) is 5.92 Å². The van der Waals surface area contributed by atoms with Gasteiger partial charge >= 0.3 is 0 Å². The maximum absolute atomic E-state index is 2.30. The third-order valence-corrected chi connectivity index (χ3v) is 3.62. The Labute approximate surface area is 112 Å². The Morgan fingerprint density at radius 1 is 0.706 bits per heavy atom. The molecule has 0 radical (unpaired) electrons. The summed E-state index contributed by atoms with van der Waals surface area (Å²) in [7, 11) is 0. The Morgan fingerprint density at radius 3 is 1.29 bits per heavy atom. The third-order valence-electron chi connectivity index (χ3n) is 3.62. The summed E-state index contributed by atoms with van der Waals surface area (Å²) in [5.41, 5.74) is 0.